The lowest BCUT2D eigenvalue weighted by molar-refractivity contribution is 0.102. The van der Waals surface area contributed by atoms with Gasteiger partial charge in [0.15, 0.2) is 0 Å². The molecule has 0 saturated carbocycles. The largest absolute Gasteiger partial charge is 0.372 e. The molecule has 0 aliphatic heterocycles. The predicted molar refractivity (Wildman–Crippen MR) is 85.7 cm³/mol. The van der Waals surface area contributed by atoms with E-state index in [2.05, 4.69) is 15.6 Å². The molecule has 0 bridgehead atoms. The molecule has 0 saturated heterocycles. The van der Waals surface area contributed by atoms with E-state index in [0.29, 0.717) is 11.4 Å². The van der Waals surface area contributed by atoms with Crippen LogP contribution in [0, 0.1) is 0 Å². The first-order chi connectivity index (χ1) is 10.3. The minimum atomic E-state index is -0.178. The molecule has 3 rings (SSSR count). The maximum absolute atomic E-state index is 12.3. The lowest BCUT2D eigenvalue weighted by Crippen LogP contribution is -2.14. The molecular formula is C17H15N3O. The van der Waals surface area contributed by atoms with E-state index < -0.39 is 0 Å². The third kappa shape index (κ3) is 2.69. The molecule has 0 spiro atoms. The minimum absolute atomic E-state index is 0.178. The number of amides is 1. The molecule has 4 nitrogen and oxygen atoms in total. The van der Waals surface area contributed by atoms with Gasteiger partial charge >= 0.3 is 0 Å². The average molecular weight is 277 g/mol. The van der Waals surface area contributed by atoms with E-state index in [9.17, 15) is 4.79 Å². The van der Waals surface area contributed by atoms with Crippen LogP contribution in [0.2, 0.25) is 0 Å². The summed E-state index contributed by atoms with van der Waals surface area (Å²) in [6, 6.07) is 17.4. The number of nitrogens with one attached hydrogen (secondary N) is 2. The van der Waals surface area contributed by atoms with Gasteiger partial charge in [0.1, 0.15) is 5.82 Å². The molecule has 0 aliphatic carbocycles. The van der Waals surface area contributed by atoms with Crippen LogP contribution in [0.5, 0.6) is 0 Å². The number of rotatable bonds is 3. The third-order valence-corrected chi connectivity index (χ3v) is 3.30. The molecule has 0 atom stereocenters. The highest BCUT2D eigenvalue weighted by Gasteiger charge is 2.11. The van der Waals surface area contributed by atoms with Crippen LogP contribution in [-0.2, 0) is 0 Å². The summed E-state index contributed by atoms with van der Waals surface area (Å²) in [5, 5.41) is 8.07. The molecule has 0 aliphatic rings. The molecule has 0 unspecified atom stereocenters. The highest BCUT2D eigenvalue weighted by atomic mass is 16.1. The molecule has 21 heavy (non-hydrogen) atoms. The Labute approximate surface area is 122 Å². The first-order valence-corrected chi connectivity index (χ1v) is 6.71. The van der Waals surface area contributed by atoms with Crippen LogP contribution in [0.4, 0.5) is 11.5 Å². The van der Waals surface area contributed by atoms with E-state index in [4.69, 9.17) is 0 Å². The van der Waals surface area contributed by atoms with Crippen molar-refractivity contribution in [3.8, 4) is 0 Å². The number of hydrogen-bond donors (Lipinski definition) is 2. The first kappa shape index (κ1) is 13.1. The van der Waals surface area contributed by atoms with Crippen molar-refractivity contribution in [2.75, 3.05) is 17.7 Å². The molecule has 4 heteroatoms. The number of nitrogens with zero attached hydrogens (tertiary/aromatic N) is 1. The molecule has 104 valence electrons. The Kier molecular flexibility index (Phi) is 3.51. The van der Waals surface area contributed by atoms with Gasteiger partial charge in [-0.3, -0.25) is 4.79 Å². The van der Waals surface area contributed by atoms with Gasteiger partial charge in [0.25, 0.3) is 5.91 Å². The number of benzene rings is 2. The highest BCUT2D eigenvalue weighted by molar-refractivity contribution is 6.08. The number of anilines is 2. The quantitative estimate of drug-likeness (QED) is 0.770. The number of carbonyl (C=O) groups excluding carboxylic acids is 1. The van der Waals surface area contributed by atoms with Crippen LogP contribution in [-0.4, -0.2) is 17.9 Å². The second-order valence-electron chi connectivity index (χ2n) is 4.67. The summed E-state index contributed by atoms with van der Waals surface area (Å²) >= 11 is 0. The van der Waals surface area contributed by atoms with E-state index in [1.807, 2.05) is 42.5 Å². The van der Waals surface area contributed by atoms with Crippen molar-refractivity contribution in [1.82, 2.24) is 4.98 Å². The van der Waals surface area contributed by atoms with E-state index >= 15 is 0 Å². The molecule has 2 aromatic carbocycles. The smallest absolute Gasteiger partial charge is 0.259 e. The van der Waals surface area contributed by atoms with Crippen molar-refractivity contribution >= 4 is 28.2 Å². The fourth-order valence-corrected chi connectivity index (χ4v) is 2.25. The van der Waals surface area contributed by atoms with Gasteiger partial charge < -0.3 is 10.6 Å². The maximum Gasteiger partial charge on any atom is 0.259 e. The lowest BCUT2D eigenvalue weighted by Gasteiger charge is -2.09. The van der Waals surface area contributed by atoms with Crippen molar-refractivity contribution in [3.05, 3.63) is 66.4 Å². The summed E-state index contributed by atoms with van der Waals surface area (Å²) in [4.78, 5) is 16.5. The van der Waals surface area contributed by atoms with Crippen LogP contribution < -0.4 is 10.6 Å². The monoisotopic (exact) mass is 277 g/mol. The van der Waals surface area contributed by atoms with Gasteiger partial charge in [-0.25, -0.2) is 4.98 Å². The standard InChI is InChI=1S/C17H15N3O/c1-18-16-15(7-4-10-19-16)17(21)20-14-9-8-12-5-2-3-6-13(12)11-14/h2-11H,1H3,(H,18,19)(H,20,21). The molecule has 1 aromatic heterocycles. The van der Waals surface area contributed by atoms with E-state index in [1.54, 1.807) is 25.4 Å². The Morgan fingerprint density at radius 3 is 2.62 bits per heavy atom. The normalized spacial score (nSPS) is 10.3. The van der Waals surface area contributed by atoms with E-state index in [0.717, 1.165) is 16.5 Å². The van der Waals surface area contributed by atoms with Crippen molar-refractivity contribution in [3.63, 3.8) is 0 Å². The second kappa shape index (κ2) is 5.63. The van der Waals surface area contributed by atoms with Gasteiger partial charge in [0.05, 0.1) is 5.56 Å². The maximum atomic E-state index is 12.3. The van der Waals surface area contributed by atoms with E-state index in [1.165, 1.54) is 0 Å². The van der Waals surface area contributed by atoms with Crippen molar-refractivity contribution in [2.45, 2.75) is 0 Å². The van der Waals surface area contributed by atoms with Gasteiger partial charge in [-0.1, -0.05) is 30.3 Å². The molecular weight excluding hydrogens is 262 g/mol. The predicted octanol–water partition coefficient (Wildman–Crippen LogP) is 3.53. The number of pyridine rings is 1. The molecule has 1 heterocycles. The zero-order valence-electron chi connectivity index (χ0n) is 11.6. The number of hydrogen-bond acceptors (Lipinski definition) is 3. The van der Waals surface area contributed by atoms with Crippen molar-refractivity contribution < 1.29 is 4.79 Å². The van der Waals surface area contributed by atoms with Crippen molar-refractivity contribution in [1.29, 1.82) is 0 Å². The zero-order chi connectivity index (χ0) is 14.7. The minimum Gasteiger partial charge on any atom is -0.372 e. The SMILES string of the molecule is CNc1ncccc1C(=O)Nc1ccc2ccccc2c1. The van der Waals surface area contributed by atoms with Crippen molar-refractivity contribution in [2.24, 2.45) is 0 Å². The van der Waals surface area contributed by atoms with Gasteiger partial charge in [-0.05, 0) is 35.0 Å². The third-order valence-electron chi connectivity index (χ3n) is 3.30. The van der Waals surface area contributed by atoms with Crippen LogP contribution in [0.3, 0.4) is 0 Å². The zero-order valence-corrected chi connectivity index (χ0v) is 11.6. The summed E-state index contributed by atoms with van der Waals surface area (Å²) in [6.07, 6.45) is 1.65. The van der Waals surface area contributed by atoms with Crippen LogP contribution in [0.15, 0.2) is 60.8 Å². The molecule has 0 radical (unpaired) electrons. The Bertz CT molecular complexity index is 799. The Balaban J connectivity index is 1.89. The molecule has 1 amide bonds. The Hall–Kier alpha value is -2.88. The Morgan fingerprint density at radius 2 is 1.81 bits per heavy atom. The van der Waals surface area contributed by atoms with Crippen LogP contribution in [0.25, 0.3) is 10.8 Å². The van der Waals surface area contributed by atoms with Crippen LogP contribution >= 0.6 is 0 Å². The average Bonchev–Trinajstić information content (AvgIpc) is 2.54. The Morgan fingerprint density at radius 1 is 1.00 bits per heavy atom. The number of carbonyl (C=O) groups is 1. The molecule has 0 fully saturated rings. The molecule has 2 N–H and O–H groups in total. The lowest BCUT2D eigenvalue weighted by atomic mass is 10.1. The fraction of sp³-hybridized carbons (Fsp3) is 0.0588. The van der Waals surface area contributed by atoms with Crippen LogP contribution in [0.1, 0.15) is 10.4 Å². The highest BCUT2D eigenvalue weighted by Crippen LogP contribution is 2.20. The molecule has 3 aromatic rings. The number of aromatic nitrogens is 1. The fourth-order valence-electron chi connectivity index (χ4n) is 2.25. The second-order valence-corrected chi connectivity index (χ2v) is 4.67. The van der Waals surface area contributed by atoms with Gasteiger partial charge in [0.2, 0.25) is 0 Å². The van der Waals surface area contributed by atoms with E-state index in [-0.39, 0.29) is 5.91 Å². The first-order valence-electron chi connectivity index (χ1n) is 6.71. The summed E-state index contributed by atoms with van der Waals surface area (Å²) in [5.74, 6) is 0.388. The van der Waals surface area contributed by atoms with Gasteiger partial charge in [0, 0.05) is 18.9 Å². The van der Waals surface area contributed by atoms with Gasteiger partial charge in [-0.15, -0.1) is 0 Å². The summed E-state index contributed by atoms with van der Waals surface area (Å²) in [5.41, 5.74) is 1.29. The summed E-state index contributed by atoms with van der Waals surface area (Å²) < 4.78 is 0. The number of fused-ring (bicyclic) bond motifs is 1. The van der Waals surface area contributed by atoms with Gasteiger partial charge in [-0.2, -0.15) is 0 Å². The summed E-state index contributed by atoms with van der Waals surface area (Å²) in [6.45, 7) is 0. The topological polar surface area (TPSA) is 54.0 Å². The summed E-state index contributed by atoms with van der Waals surface area (Å²) in [7, 11) is 1.75.